The van der Waals surface area contributed by atoms with Crippen molar-refractivity contribution in [3.05, 3.63) is 30.3 Å². The number of esters is 1. The van der Waals surface area contributed by atoms with Crippen LogP contribution >= 0.6 is 0 Å². The average molecular weight is 231 g/mol. The van der Waals surface area contributed by atoms with E-state index < -0.39 is 11.4 Å². The van der Waals surface area contributed by atoms with E-state index in [-0.39, 0.29) is 5.92 Å². The van der Waals surface area contributed by atoms with Crippen LogP contribution in [-0.4, -0.2) is 5.97 Å². The largest absolute Gasteiger partial charge is 0.425 e. The van der Waals surface area contributed by atoms with E-state index in [0.717, 1.165) is 0 Å². The lowest BCUT2D eigenvalue weighted by Gasteiger charge is -2.21. The Balaban J connectivity index is 2.78. The summed E-state index contributed by atoms with van der Waals surface area (Å²) < 4.78 is 5.21. The Bertz CT molecular complexity index is 420. The highest BCUT2D eigenvalue weighted by molar-refractivity contribution is 5.81. The molecule has 1 aromatic rings. The smallest absolute Gasteiger partial charge is 0.331 e. The van der Waals surface area contributed by atoms with Gasteiger partial charge in [0.05, 0.1) is 6.07 Å². The first-order chi connectivity index (χ1) is 7.98. The Morgan fingerprint density at radius 2 is 2.00 bits per heavy atom. The van der Waals surface area contributed by atoms with Crippen molar-refractivity contribution in [3.63, 3.8) is 0 Å². The third-order valence-electron chi connectivity index (χ3n) is 2.47. The molecule has 0 aliphatic heterocycles. The predicted molar refractivity (Wildman–Crippen MR) is 65.3 cm³/mol. The van der Waals surface area contributed by atoms with Gasteiger partial charge in [0.2, 0.25) is 0 Å². The second kappa shape index (κ2) is 5.49. The number of nitrogens with zero attached hydrogens (tertiary/aromatic N) is 1. The fraction of sp³-hybridized carbons (Fsp3) is 0.429. The summed E-state index contributed by atoms with van der Waals surface area (Å²) in [6, 6.07) is 10.9. The maximum Gasteiger partial charge on any atom is 0.331 e. The molecule has 1 rings (SSSR count). The summed E-state index contributed by atoms with van der Waals surface area (Å²) in [6.45, 7) is 5.58. The molecule has 3 heteroatoms. The minimum Gasteiger partial charge on any atom is -0.425 e. The van der Waals surface area contributed by atoms with Gasteiger partial charge < -0.3 is 4.74 Å². The van der Waals surface area contributed by atoms with E-state index in [1.54, 1.807) is 31.2 Å². The number of benzene rings is 1. The molecule has 0 radical (unpaired) electrons. The molecule has 0 bridgehead atoms. The van der Waals surface area contributed by atoms with Crippen LogP contribution < -0.4 is 4.74 Å². The first-order valence-corrected chi connectivity index (χ1v) is 5.66. The molecule has 0 aliphatic rings. The zero-order valence-electron chi connectivity index (χ0n) is 10.4. The highest BCUT2D eigenvalue weighted by atomic mass is 16.5. The van der Waals surface area contributed by atoms with E-state index in [9.17, 15) is 4.79 Å². The molecule has 3 nitrogen and oxygen atoms in total. The summed E-state index contributed by atoms with van der Waals surface area (Å²) in [5.74, 6) is 0.255. The third kappa shape index (κ3) is 3.60. The number of carbonyl (C=O) groups excluding carboxylic acids is 1. The molecule has 0 saturated heterocycles. The van der Waals surface area contributed by atoms with Crippen molar-refractivity contribution in [2.75, 3.05) is 0 Å². The van der Waals surface area contributed by atoms with Gasteiger partial charge in [-0.3, -0.25) is 0 Å². The molecular weight excluding hydrogens is 214 g/mol. The molecule has 0 saturated carbocycles. The van der Waals surface area contributed by atoms with Crippen LogP contribution in [0.5, 0.6) is 5.75 Å². The summed E-state index contributed by atoms with van der Waals surface area (Å²) in [5.41, 5.74) is -1.08. The van der Waals surface area contributed by atoms with Gasteiger partial charge in [0.1, 0.15) is 5.75 Å². The minimum absolute atomic E-state index is 0.267. The minimum atomic E-state index is -1.08. The monoisotopic (exact) mass is 231 g/mol. The second-order valence-corrected chi connectivity index (χ2v) is 4.74. The molecular formula is C14H17NO2. The lowest BCUT2D eigenvalue weighted by atomic mass is 9.83. The first kappa shape index (κ1) is 13.2. The van der Waals surface area contributed by atoms with Crippen LogP contribution in [0, 0.1) is 22.7 Å². The molecule has 17 heavy (non-hydrogen) atoms. The quantitative estimate of drug-likeness (QED) is 0.590. The van der Waals surface area contributed by atoms with Gasteiger partial charge in [-0.2, -0.15) is 5.26 Å². The second-order valence-electron chi connectivity index (χ2n) is 4.74. The van der Waals surface area contributed by atoms with Gasteiger partial charge in [0.15, 0.2) is 5.41 Å². The molecule has 0 aromatic heterocycles. The van der Waals surface area contributed by atoms with E-state index in [0.29, 0.717) is 12.2 Å². The van der Waals surface area contributed by atoms with Crippen LogP contribution in [0.25, 0.3) is 0 Å². The number of carbonyl (C=O) groups is 1. The Morgan fingerprint density at radius 1 is 1.41 bits per heavy atom. The van der Waals surface area contributed by atoms with Crippen LogP contribution in [0.2, 0.25) is 0 Å². The normalized spacial score (nSPS) is 13.8. The number of ether oxygens (including phenoxy) is 1. The Hall–Kier alpha value is -1.82. The molecule has 1 atom stereocenters. The van der Waals surface area contributed by atoms with Crippen molar-refractivity contribution in [2.45, 2.75) is 27.2 Å². The van der Waals surface area contributed by atoms with Crippen molar-refractivity contribution in [3.8, 4) is 11.8 Å². The van der Waals surface area contributed by atoms with Crippen molar-refractivity contribution in [2.24, 2.45) is 11.3 Å². The van der Waals surface area contributed by atoms with Crippen LogP contribution in [0.15, 0.2) is 30.3 Å². The summed E-state index contributed by atoms with van der Waals surface area (Å²) in [4.78, 5) is 12.0. The lowest BCUT2D eigenvalue weighted by Crippen LogP contribution is -2.32. The maximum atomic E-state index is 12.0. The Labute approximate surface area is 102 Å². The molecule has 0 N–H and O–H groups in total. The van der Waals surface area contributed by atoms with Gasteiger partial charge in [0.25, 0.3) is 0 Å². The molecule has 0 amide bonds. The average Bonchev–Trinajstić information content (AvgIpc) is 2.29. The zero-order valence-corrected chi connectivity index (χ0v) is 10.4. The first-order valence-electron chi connectivity index (χ1n) is 5.66. The van der Waals surface area contributed by atoms with Gasteiger partial charge >= 0.3 is 5.97 Å². The van der Waals surface area contributed by atoms with Gasteiger partial charge in [0, 0.05) is 0 Å². The van der Waals surface area contributed by atoms with Crippen molar-refractivity contribution >= 4 is 5.97 Å². The van der Waals surface area contributed by atoms with E-state index in [4.69, 9.17) is 10.00 Å². The van der Waals surface area contributed by atoms with E-state index >= 15 is 0 Å². The maximum absolute atomic E-state index is 12.0. The molecule has 0 spiro atoms. The summed E-state index contributed by atoms with van der Waals surface area (Å²) in [5, 5.41) is 9.13. The number of rotatable bonds is 4. The van der Waals surface area contributed by atoms with Gasteiger partial charge in [-0.25, -0.2) is 4.79 Å². The number of hydrogen-bond acceptors (Lipinski definition) is 3. The number of nitriles is 1. The lowest BCUT2D eigenvalue weighted by molar-refractivity contribution is -0.142. The van der Waals surface area contributed by atoms with Crippen LogP contribution in [0.3, 0.4) is 0 Å². The SMILES string of the molecule is CC(C)CC(C)(C#N)C(=O)Oc1ccccc1. The van der Waals surface area contributed by atoms with Gasteiger partial charge in [-0.1, -0.05) is 32.0 Å². The van der Waals surface area contributed by atoms with Gasteiger partial charge in [-0.15, -0.1) is 0 Å². The number of hydrogen-bond donors (Lipinski definition) is 0. The van der Waals surface area contributed by atoms with Crippen LogP contribution in [-0.2, 0) is 4.79 Å². The third-order valence-corrected chi connectivity index (χ3v) is 2.47. The molecule has 90 valence electrons. The highest BCUT2D eigenvalue weighted by Gasteiger charge is 2.36. The van der Waals surface area contributed by atoms with Crippen molar-refractivity contribution in [1.29, 1.82) is 5.26 Å². The highest BCUT2D eigenvalue weighted by Crippen LogP contribution is 2.27. The summed E-state index contributed by atoms with van der Waals surface area (Å²) in [7, 11) is 0. The van der Waals surface area contributed by atoms with E-state index in [2.05, 4.69) is 6.07 Å². The Kier molecular flexibility index (Phi) is 4.28. The molecule has 0 fully saturated rings. The summed E-state index contributed by atoms with van der Waals surface area (Å²) >= 11 is 0. The van der Waals surface area contributed by atoms with Gasteiger partial charge in [-0.05, 0) is 31.4 Å². The number of para-hydroxylation sites is 1. The topological polar surface area (TPSA) is 50.1 Å². The fourth-order valence-corrected chi connectivity index (χ4v) is 1.70. The standard InChI is InChI=1S/C14H17NO2/c1-11(2)9-14(3,10-15)13(16)17-12-7-5-4-6-8-12/h4-8,11H,9H2,1-3H3. The zero-order chi connectivity index (χ0) is 12.9. The molecule has 1 aromatic carbocycles. The van der Waals surface area contributed by atoms with Crippen molar-refractivity contribution in [1.82, 2.24) is 0 Å². The molecule has 1 unspecified atom stereocenters. The van der Waals surface area contributed by atoms with Crippen LogP contribution in [0.4, 0.5) is 0 Å². The predicted octanol–water partition coefficient (Wildman–Crippen LogP) is 3.17. The fourth-order valence-electron chi connectivity index (χ4n) is 1.70. The van der Waals surface area contributed by atoms with E-state index in [1.807, 2.05) is 19.9 Å². The van der Waals surface area contributed by atoms with E-state index in [1.165, 1.54) is 0 Å². The molecule has 0 heterocycles. The Morgan fingerprint density at radius 3 is 2.47 bits per heavy atom. The van der Waals surface area contributed by atoms with Crippen LogP contribution in [0.1, 0.15) is 27.2 Å². The molecule has 0 aliphatic carbocycles. The summed E-state index contributed by atoms with van der Waals surface area (Å²) in [6.07, 6.45) is 0.495. The van der Waals surface area contributed by atoms with Crippen molar-refractivity contribution < 1.29 is 9.53 Å².